The van der Waals surface area contributed by atoms with Crippen LogP contribution >= 0.6 is 0 Å². The Kier molecular flexibility index (Phi) is 6.30. The molecule has 0 saturated heterocycles. The highest BCUT2D eigenvalue weighted by atomic mass is 16.5. The van der Waals surface area contributed by atoms with E-state index < -0.39 is 0 Å². The number of methoxy groups -OCH3 is 1. The van der Waals surface area contributed by atoms with Gasteiger partial charge in [0, 0.05) is 38.2 Å². The molecule has 0 saturated carbocycles. The lowest BCUT2D eigenvalue weighted by Crippen LogP contribution is -2.41. The molecule has 1 amide bonds. The Balaban J connectivity index is 1.51. The number of amides is 1. The van der Waals surface area contributed by atoms with Gasteiger partial charge in [0.2, 0.25) is 5.91 Å². The van der Waals surface area contributed by atoms with Crippen molar-refractivity contribution in [2.24, 2.45) is 4.99 Å². The lowest BCUT2D eigenvalue weighted by Gasteiger charge is -2.26. The van der Waals surface area contributed by atoms with Crippen LogP contribution in [0.1, 0.15) is 23.5 Å². The largest absolute Gasteiger partial charge is 0.497 e. The first kappa shape index (κ1) is 18.8. The summed E-state index contributed by atoms with van der Waals surface area (Å²) < 4.78 is 5.26. The van der Waals surface area contributed by atoms with Crippen LogP contribution in [-0.4, -0.2) is 39.1 Å². The van der Waals surface area contributed by atoms with Gasteiger partial charge in [-0.15, -0.1) is 0 Å². The zero-order valence-electron chi connectivity index (χ0n) is 15.8. The van der Waals surface area contributed by atoms with Crippen LogP contribution in [0, 0.1) is 0 Å². The van der Waals surface area contributed by atoms with Gasteiger partial charge < -0.3 is 20.7 Å². The second-order valence-corrected chi connectivity index (χ2v) is 6.52. The van der Waals surface area contributed by atoms with E-state index in [1.807, 2.05) is 36.4 Å². The molecule has 0 fully saturated rings. The fraction of sp³-hybridized carbons (Fsp3) is 0.333. The molecule has 3 N–H and O–H groups in total. The fourth-order valence-corrected chi connectivity index (χ4v) is 3.28. The number of fused-ring (bicyclic) bond motifs is 1. The molecule has 2 aromatic carbocycles. The van der Waals surface area contributed by atoms with Crippen molar-refractivity contribution in [2.75, 3.05) is 32.6 Å². The highest BCUT2D eigenvalue weighted by Gasteiger charge is 2.24. The van der Waals surface area contributed by atoms with Crippen molar-refractivity contribution in [3.05, 3.63) is 59.7 Å². The van der Waals surface area contributed by atoms with Gasteiger partial charge in [0.1, 0.15) is 5.75 Å². The quantitative estimate of drug-likeness (QED) is 0.542. The molecule has 1 atom stereocenters. The van der Waals surface area contributed by atoms with Crippen molar-refractivity contribution in [3.8, 4) is 5.75 Å². The standard InChI is InChI=1S/C21H26N4O2/c1-22-21(23-11-10-15-6-5-7-17(12-15)27-2)24-14-16-13-20(26)25-19-9-4-3-8-18(16)19/h3-9,12,16H,10-11,13-14H2,1-2H3,(H,25,26)(H2,22,23,24). The Hall–Kier alpha value is -3.02. The Morgan fingerprint density at radius 1 is 1.22 bits per heavy atom. The zero-order valence-corrected chi connectivity index (χ0v) is 15.8. The zero-order chi connectivity index (χ0) is 19.1. The Morgan fingerprint density at radius 3 is 2.89 bits per heavy atom. The van der Waals surface area contributed by atoms with Gasteiger partial charge in [-0.2, -0.15) is 0 Å². The lowest BCUT2D eigenvalue weighted by atomic mass is 9.90. The van der Waals surface area contributed by atoms with E-state index in [4.69, 9.17) is 4.74 Å². The number of nitrogens with one attached hydrogen (secondary N) is 3. The molecule has 0 aromatic heterocycles. The SMILES string of the molecule is CN=C(NCCc1cccc(OC)c1)NCC1CC(=O)Nc2ccccc21. The number of anilines is 1. The topological polar surface area (TPSA) is 74.8 Å². The first-order chi connectivity index (χ1) is 13.2. The average molecular weight is 366 g/mol. The molecule has 1 aliphatic heterocycles. The molecule has 0 aliphatic carbocycles. The molecule has 6 nitrogen and oxygen atoms in total. The minimum Gasteiger partial charge on any atom is -0.497 e. The van der Waals surface area contributed by atoms with E-state index in [9.17, 15) is 4.79 Å². The number of hydrogen-bond donors (Lipinski definition) is 3. The lowest BCUT2D eigenvalue weighted by molar-refractivity contribution is -0.116. The predicted molar refractivity (Wildman–Crippen MR) is 108 cm³/mol. The van der Waals surface area contributed by atoms with Crippen LogP contribution in [0.25, 0.3) is 0 Å². The molecule has 1 heterocycles. The first-order valence-corrected chi connectivity index (χ1v) is 9.16. The molecule has 3 rings (SSSR count). The maximum atomic E-state index is 11.9. The summed E-state index contributed by atoms with van der Waals surface area (Å²) in [6.07, 6.45) is 1.34. The second kappa shape index (κ2) is 9.07. The number of carbonyl (C=O) groups is 1. The highest BCUT2D eigenvalue weighted by molar-refractivity contribution is 5.94. The van der Waals surface area contributed by atoms with E-state index in [0.29, 0.717) is 13.0 Å². The summed E-state index contributed by atoms with van der Waals surface area (Å²) >= 11 is 0. The average Bonchev–Trinajstić information content (AvgIpc) is 2.70. The summed E-state index contributed by atoms with van der Waals surface area (Å²) in [5.74, 6) is 1.79. The van der Waals surface area contributed by atoms with Gasteiger partial charge >= 0.3 is 0 Å². The van der Waals surface area contributed by atoms with Gasteiger partial charge in [-0.05, 0) is 35.7 Å². The molecule has 0 bridgehead atoms. The van der Waals surface area contributed by atoms with E-state index in [0.717, 1.165) is 35.9 Å². The third kappa shape index (κ3) is 5.00. The molecular formula is C21H26N4O2. The minimum absolute atomic E-state index is 0.0569. The van der Waals surface area contributed by atoms with Crippen LogP contribution in [0.2, 0.25) is 0 Å². The second-order valence-electron chi connectivity index (χ2n) is 6.52. The van der Waals surface area contributed by atoms with Gasteiger partial charge in [-0.25, -0.2) is 0 Å². The molecule has 6 heteroatoms. The number of carbonyl (C=O) groups excluding carboxylic acids is 1. The summed E-state index contributed by atoms with van der Waals surface area (Å²) in [7, 11) is 3.43. The van der Waals surface area contributed by atoms with Gasteiger partial charge in [-0.1, -0.05) is 30.3 Å². The fourth-order valence-electron chi connectivity index (χ4n) is 3.28. The number of guanidine groups is 1. The third-order valence-electron chi connectivity index (χ3n) is 4.69. The van der Waals surface area contributed by atoms with Gasteiger partial charge in [0.25, 0.3) is 0 Å². The Morgan fingerprint density at radius 2 is 2.07 bits per heavy atom. The van der Waals surface area contributed by atoms with Crippen molar-refractivity contribution in [2.45, 2.75) is 18.8 Å². The smallest absolute Gasteiger partial charge is 0.225 e. The van der Waals surface area contributed by atoms with Gasteiger partial charge in [-0.3, -0.25) is 9.79 Å². The van der Waals surface area contributed by atoms with Gasteiger partial charge in [0.05, 0.1) is 7.11 Å². The third-order valence-corrected chi connectivity index (χ3v) is 4.69. The van der Waals surface area contributed by atoms with E-state index in [1.54, 1.807) is 14.2 Å². The summed E-state index contributed by atoms with van der Waals surface area (Å²) in [5.41, 5.74) is 3.27. The molecule has 0 radical (unpaired) electrons. The molecule has 1 aliphatic rings. The molecule has 2 aromatic rings. The van der Waals surface area contributed by atoms with Gasteiger partial charge in [0.15, 0.2) is 5.96 Å². The Bertz CT molecular complexity index is 819. The van der Waals surface area contributed by atoms with E-state index in [1.165, 1.54) is 5.56 Å². The van der Waals surface area contributed by atoms with Crippen LogP contribution in [0.5, 0.6) is 5.75 Å². The number of ether oxygens (including phenoxy) is 1. The summed E-state index contributed by atoms with van der Waals surface area (Å²) in [6, 6.07) is 16.0. The van der Waals surface area contributed by atoms with Crippen molar-refractivity contribution in [3.63, 3.8) is 0 Å². The van der Waals surface area contributed by atoms with Crippen LogP contribution in [-0.2, 0) is 11.2 Å². The number of para-hydroxylation sites is 1. The molecule has 0 spiro atoms. The number of hydrogen-bond acceptors (Lipinski definition) is 3. The number of aliphatic imine (C=N–C) groups is 1. The monoisotopic (exact) mass is 366 g/mol. The van der Waals surface area contributed by atoms with E-state index in [-0.39, 0.29) is 11.8 Å². The molecule has 142 valence electrons. The maximum Gasteiger partial charge on any atom is 0.225 e. The van der Waals surface area contributed by atoms with Crippen molar-refractivity contribution in [1.82, 2.24) is 10.6 Å². The maximum absolute atomic E-state index is 11.9. The van der Waals surface area contributed by atoms with Crippen LogP contribution in [0.4, 0.5) is 5.69 Å². The van der Waals surface area contributed by atoms with Crippen molar-refractivity contribution < 1.29 is 9.53 Å². The number of nitrogens with zero attached hydrogens (tertiary/aromatic N) is 1. The number of benzene rings is 2. The highest BCUT2D eigenvalue weighted by Crippen LogP contribution is 2.31. The molecular weight excluding hydrogens is 340 g/mol. The van der Waals surface area contributed by atoms with E-state index >= 15 is 0 Å². The minimum atomic E-state index is 0.0569. The number of rotatable bonds is 6. The Labute approximate surface area is 160 Å². The van der Waals surface area contributed by atoms with Crippen molar-refractivity contribution in [1.29, 1.82) is 0 Å². The first-order valence-electron chi connectivity index (χ1n) is 9.16. The molecule has 1 unspecified atom stereocenters. The molecule has 27 heavy (non-hydrogen) atoms. The summed E-state index contributed by atoms with van der Waals surface area (Å²) in [6.45, 7) is 1.41. The van der Waals surface area contributed by atoms with Crippen LogP contribution in [0.3, 0.4) is 0 Å². The van der Waals surface area contributed by atoms with Crippen molar-refractivity contribution >= 4 is 17.6 Å². The van der Waals surface area contributed by atoms with E-state index in [2.05, 4.69) is 33.1 Å². The normalized spacial score (nSPS) is 16.3. The van der Waals surface area contributed by atoms with Crippen LogP contribution < -0.4 is 20.7 Å². The predicted octanol–water partition coefficient (Wildman–Crippen LogP) is 2.53. The summed E-state index contributed by atoms with van der Waals surface area (Å²) in [5, 5.41) is 9.60. The summed E-state index contributed by atoms with van der Waals surface area (Å²) in [4.78, 5) is 16.2. The van der Waals surface area contributed by atoms with Crippen LogP contribution in [0.15, 0.2) is 53.5 Å².